The van der Waals surface area contributed by atoms with E-state index in [1.54, 1.807) is 12.3 Å². The van der Waals surface area contributed by atoms with E-state index in [9.17, 15) is 4.79 Å². The van der Waals surface area contributed by atoms with Crippen LogP contribution in [0.1, 0.15) is 10.5 Å². The largest absolute Gasteiger partial charge is 0.296 e. The van der Waals surface area contributed by atoms with Gasteiger partial charge in [0.05, 0.1) is 6.20 Å². The number of hydrogen-bond donors (Lipinski definition) is 0. The number of halogens is 1. The number of rotatable bonds is 1. The number of fused-ring (bicyclic) bond motifs is 1. The van der Waals surface area contributed by atoms with Gasteiger partial charge in [0, 0.05) is 6.20 Å². The molecular formula is C7H4ClN3O. The van der Waals surface area contributed by atoms with Crippen molar-refractivity contribution >= 4 is 23.7 Å². The highest BCUT2D eigenvalue weighted by atomic mass is 35.5. The first-order valence-corrected chi connectivity index (χ1v) is 3.64. The first-order valence-electron chi connectivity index (χ1n) is 3.26. The molecule has 0 amide bonds. The van der Waals surface area contributed by atoms with Gasteiger partial charge in [-0.15, -0.1) is 0 Å². The molecule has 4 nitrogen and oxygen atoms in total. The number of carbonyl (C=O) groups excluding carboxylic acids is 1. The van der Waals surface area contributed by atoms with E-state index < -0.39 is 0 Å². The molecule has 0 saturated carbocycles. The summed E-state index contributed by atoms with van der Waals surface area (Å²) in [5.74, 6) is 0.435. The number of aromatic nitrogens is 3. The lowest BCUT2D eigenvalue weighted by Gasteiger charge is -1.95. The standard InChI is InChI=1S/C7H4ClN3O/c8-6-1-2-9-7-10-3-5(4-12)11(6)7/h1-4H. The Balaban J connectivity index is 2.91. The first-order chi connectivity index (χ1) is 5.83. The van der Waals surface area contributed by atoms with E-state index in [2.05, 4.69) is 9.97 Å². The maximum Gasteiger partial charge on any atom is 0.235 e. The highest BCUT2D eigenvalue weighted by Crippen LogP contribution is 2.11. The highest BCUT2D eigenvalue weighted by molar-refractivity contribution is 6.29. The molecule has 0 atom stereocenters. The van der Waals surface area contributed by atoms with Gasteiger partial charge in [0.15, 0.2) is 6.29 Å². The number of imidazole rings is 1. The van der Waals surface area contributed by atoms with Crippen LogP contribution in [0.5, 0.6) is 0 Å². The molecule has 0 saturated heterocycles. The van der Waals surface area contributed by atoms with Gasteiger partial charge in [-0.25, -0.2) is 9.97 Å². The topological polar surface area (TPSA) is 47.3 Å². The Morgan fingerprint density at radius 1 is 1.50 bits per heavy atom. The maximum atomic E-state index is 10.5. The lowest BCUT2D eigenvalue weighted by molar-refractivity contribution is 0.111. The van der Waals surface area contributed by atoms with Gasteiger partial charge in [-0.2, -0.15) is 0 Å². The molecule has 0 unspecified atom stereocenters. The zero-order valence-corrected chi connectivity index (χ0v) is 6.69. The Kier molecular flexibility index (Phi) is 1.55. The second-order valence-corrected chi connectivity index (χ2v) is 2.59. The average molecular weight is 182 g/mol. The number of nitrogens with zero attached hydrogens (tertiary/aromatic N) is 3. The van der Waals surface area contributed by atoms with Crippen LogP contribution in [0.3, 0.4) is 0 Å². The minimum Gasteiger partial charge on any atom is -0.296 e. The van der Waals surface area contributed by atoms with Crippen LogP contribution in [-0.2, 0) is 0 Å². The van der Waals surface area contributed by atoms with Gasteiger partial charge in [-0.3, -0.25) is 9.20 Å². The molecule has 2 rings (SSSR count). The molecular weight excluding hydrogens is 178 g/mol. The van der Waals surface area contributed by atoms with E-state index in [1.165, 1.54) is 10.6 Å². The first kappa shape index (κ1) is 7.24. The second kappa shape index (κ2) is 2.57. The Morgan fingerprint density at radius 2 is 2.33 bits per heavy atom. The fraction of sp³-hybridized carbons (Fsp3) is 0. The van der Waals surface area contributed by atoms with Crippen LogP contribution in [0, 0.1) is 0 Å². The van der Waals surface area contributed by atoms with E-state index >= 15 is 0 Å². The molecule has 5 heteroatoms. The molecule has 0 bridgehead atoms. The number of carbonyl (C=O) groups is 1. The predicted molar refractivity (Wildman–Crippen MR) is 43.4 cm³/mol. The summed E-state index contributed by atoms with van der Waals surface area (Å²) in [6.07, 6.45) is 3.66. The Labute approximate surface area is 72.8 Å². The molecule has 2 aromatic rings. The molecule has 0 radical (unpaired) electrons. The number of aldehydes is 1. The van der Waals surface area contributed by atoms with Gasteiger partial charge in [0.2, 0.25) is 5.78 Å². The SMILES string of the molecule is O=Cc1cnc2nccc(Cl)n12. The van der Waals surface area contributed by atoms with Gasteiger partial charge in [-0.05, 0) is 6.07 Å². The lowest BCUT2D eigenvalue weighted by atomic mass is 10.5. The normalized spacial score (nSPS) is 10.4. The fourth-order valence-electron chi connectivity index (χ4n) is 0.988. The monoisotopic (exact) mass is 181 g/mol. The Bertz CT molecular complexity index is 437. The molecule has 2 aromatic heterocycles. The zero-order valence-electron chi connectivity index (χ0n) is 5.94. The third-order valence-electron chi connectivity index (χ3n) is 1.51. The smallest absolute Gasteiger partial charge is 0.235 e. The molecule has 0 aliphatic rings. The van der Waals surface area contributed by atoms with Crippen LogP contribution < -0.4 is 0 Å². The van der Waals surface area contributed by atoms with Crippen molar-refractivity contribution in [1.82, 2.24) is 14.4 Å². The molecule has 0 fully saturated rings. The second-order valence-electron chi connectivity index (χ2n) is 2.20. The van der Waals surface area contributed by atoms with Crippen LogP contribution in [0.2, 0.25) is 5.15 Å². The molecule has 12 heavy (non-hydrogen) atoms. The number of hydrogen-bond acceptors (Lipinski definition) is 3. The molecule has 60 valence electrons. The van der Waals surface area contributed by atoms with Gasteiger partial charge < -0.3 is 0 Å². The van der Waals surface area contributed by atoms with Crippen LogP contribution in [0.4, 0.5) is 0 Å². The van der Waals surface area contributed by atoms with Crippen molar-refractivity contribution in [3.63, 3.8) is 0 Å². The summed E-state index contributed by atoms with van der Waals surface area (Å²) in [5, 5.41) is 0.430. The summed E-state index contributed by atoms with van der Waals surface area (Å²) in [5.41, 5.74) is 0.406. The highest BCUT2D eigenvalue weighted by Gasteiger charge is 2.04. The Hall–Kier alpha value is -1.42. The van der Waals surface area contributed by atoms with Crippen molar-refractivity contribution in [3.05, 3.63) is 29.3 Å². The molecule has 2 heterocycles. The average Bonchev–Trinajstić information content (AvgIpc) is 2.49. The van der Waals surface area contributed by atoms with Gasteiger partial charge in [0.1, 0.15) is 10.8 Å². The molecule has 0 spiro atoms. The van der Waals surface area contributed by atoms with E-state index in [0.717, 1.165) is 0 Å². The quantitative estimate of drug-likeness (QED) is 0.491. The summed E-state index contributed by atoms with van der Waals surface area (Å²) in [4.78, 5) is 18.3. The molecule has 0 aliphatic heterocycles. The minimum atomic E-state index is 0.406. The summed E-state index contributed by atoms with van der Waals surface area (Å²) < 4.78 is 1.48. The van der Waals surface area contributed by atoms with Gasteiger partial charge >= 0.3 is 0 Å². The van der Waals surface area contributed by atoms with E-state index in [0.29, 0.717) is 22.9 Å². The third-order valence-corrected chi connectivity index (χ3v) is 1.80. The zero-order chi connectivity index (χ0) is 8.55. The summed E-state index contributed by atoms with van der Waals surface area (Å²) in [7, 11) is 0. The van der Waals surface area contributed by atoms with E-state index in [4.69, 9.17) is 11.6 Å². The third kappa shape index (κ3) is 0.887. The molecule has 0 aliphatic carbocycles. The van der Waals surface area contributed by atoms with Crippen molar-refractivity contribution in [2.24, 2.45) is 0 Å². The molecule has 0 aromatic carbocycles. The lowest BCUT2D eigenvalue weighted by Crippen LogP contribution is -1.93. The van der Waals surface area contributed by atoms with E-state index in [1.807, 2.05) is 0 Å². The summed E-state index contributed by atoms with van der Waals surface area (Å²) in [6, 6.07) is 1.60. The summed E-state index contributed by atoms with van der Waals surface area (Å²) >= 11 is 5.81. The molecule has 0 N–H and O–H groups in total. The van der Waals surface area contributed by atoms with Gasteiger partial charge in [0.25, 0.3) is 0 Å². The minimum absolute atomic E-state index is 0.406. The van der Waals surface area contributed by atoms with Gasteiger partial charge in [-0.1, -0.05) is 11.6 Å². The van der Waals surface area contributed by atoms with Crippen LogP contribution >= 0.6 is 11.6 Å². The summed E-state index contributed by atoms with van der Waals surface area (Å²) in [6.45, 7) is 0. The van der Waals surface area contributed by atoms with Crippen molar-refractivity contribution < 1.29 is 4.79 Å². The Morgan fingerprint density at radius 3 is 3.08 bits per heavy atom. The van der Waals surface area contributed by atoms with Crippen molar-refractivity contribution in [3.8, 4) is 0 Å². The maximum absolute atomic E-state index is 10.5. The van der Waals surface area contributed by atoms with Crippen LogP contribution in [-0.4, -0.2) is 20.7 Å². The van der Waals surface area contributed by atoms with Crippen LogP contribution in [0.25, 0.3) is 5.78 Å². The fourth-order valence-corrected chi connectivity index (χ4v) is 1.22. The van der Waals surface area contributed by atoms with E-state index in [-0.39, 0.29) is 0 Å². The predicted octanol–water partition coefficient (Wildman–Crippen LogP) is 1.20. The van der Waals surface area contributed by atoms with Crippen molar-refractivity contribution in [1.29, 1.82) is 0 Å². The van der Waals surface area contributed by atoms with Crippen molar-refractivity contribution in [2.45, 2.75) is 0 Å². The van der Waals surface area contributed by atoms with Crippen molar-refractivity contribution in [2.75, 3.05) is 0 Å². The van der Waals surface area contributed by atoms with Crippen LogP contribution in [0.15, 0.2) is 18.5 Å².